The molecule has 0 aliphatic heterocycles. The van der Waals surface area contributed by atoms with E-state index in [9.17, 15) is 19.5 Å². The summed E-state index contributed by atoms with van der Waals surface area (Å²) in [6.45, 7) is 3.78. The van der Waals surface area contributed by atoms with E-state index < -0.39 is 17.9 Å². The summed E-state index contributed by atoms with van der Waals surface area (Å²) in [5, 5.41) is 15.2. The number of aliphatic carboxylic acids is 1. The number of aromatic nitrogens is 2. The summed E-state index contributed by atoms with van der Waals surface area (Å²) in [6.07, 6.45) is -0.310. The highest BCUT2D eigenvalue weighted by atomic mass is 35.5. The number of aromatic amines is 1. The van der Waals surface area contributed by atoms with Crippen LogP contribution in [0.4, 0.5) is 0 Å². The zero-order valence-corrected chi connectivity index (χ0v) is 16.7. The van der Waals surface area contributed by atoms with Crippen molar-refractivity contribution in [3.05, 3.63) is 86.3 Å². The fourth-order valence-electron chi connectivity index (χ4n) is 3.01. The summed E-state index contributed by atoms with van der Waals surface area (Å²) in [7, 11) is 0. The van der Waals surface area contributed by atoms with Crippen molar-refractivity contribution in [3.8, 4) is 5.69 Å². The molecule has 1 unspecified atom stereocenters. The van der Waals surface area contributed by atoms with Crippen LogP contribution in [0, 0.1) is 13.8 Å². The highest BCUT2D eigenvalue weighted by molar-refractivity contribution is 6.30. The van der Waals surface area contributed by atoms with Gasteiger partial charge in [-0.2, -0.15) is 0 Å². The lowest BCUT2D eigenvalue weighted by Crippen LogP contribution is -2.30. The van der Waals surface area contributed by atoms with Gasteiger partial charge in [-0.3, -0.25) is 19.5 Å². The van der Waals surface area contributed by atoms with Crippen molar-refractivity contribution >= 4 is 23.5 Å². The molecule has 0 bridgehead atoms. The Labute approximate surface area is 171 Å². The van der Waals surface area contributed by atoms with E-state index in [0.29, 0.717) is 16.3 Å². The molecule has 0 saturated carbocycles. The number of halogens is 1. The number of carbonyl (C=O) groups is 2. The lowest BCUT2D eigenvalue weighted by Gasteiger charge is -2.17. The maximum Gasteiger partial charge on any atom is 0.305 e. The number of aryl methyl sites for hydroxylation is 2. The zero-order chi connectivity index (χ0) is 21.1. The minimum absolute atomic E-state index is 0.0419. The molecule has 1 aromatic heterocycles. The van der Waals surface area contributed by atoms with Gasteiger partial charge in [-0.1, -0.05) is 35.9 Å². The number of H-pyrrole nitrogens is 1. The highest BCUT2D eigenvalue weighted by Gasteiger charge is 2.21. The Morgan fingerprint density at radius 2 is 1.83 bits per heavy atom. The first-order valence-corrected chi connectivity index (χ1v) is 9.30. The molecule has 1 amide bonds. The fourth-order valence-corrected chi connectivity index (χ4v) is 3.14. The second kappa shape index (κ2) is 8.36. The summed E-state index contributed by atoms with van der Waals surface area (Å²) in [5.41, 5.74) is 2.75. The van der Waals surface area contributed by atoms with E-state index in [1.807, 2.05) is 32.0 Å². The van der Waals surface area contributed by atoms with Crippen molar-refractivity contribution in [2.24, 2.45) is 0 Å². The van der Waals surface area contributed by atoms with Gasteiger partial charge in [0.1, 0.15) is 5.69 Å². The van der Waals surface area contributed by atoms with Gasteiger partial charge < -0.3 is 10.4 Å². The van der Waals surface area contributed by atoms with Crippen LogP contribution in [-0.4, -0.2) is 26.8 Å². The smallest absolute Gasteiger partial charge is 0.305 e. The van der Waals surface area contributed by atoms with Crippen LogP contribution in [0.2, 0.25) is 5.02 Å². The molecule has 0 spiro atoms. The predicted molar refractivity (Wildman–Crippen MR) is 110 cm³/mol. The van der Waals surface area contributed by atoms with Crippen molar-refractivity contribution in [2.75, 3.05) is 0 Å². The molecule has 7 nitrogen and oxygen atoms in total. The van der Waals surface area contributed by atoms with E-state index in [1.165, 1.54) is 10.7 Å². The SMILES string of the molecule is Cc1ccc(C)c(-n2[nH]c(C(=O)NC(CC(=O)O)c3ccc(Cl)cc3)cc2=O)c1. The average molecular weight is 414 g/mol. The second-order valence-corrected chi connectivity index (χ2v) is 7.25. The third kappa shape index (κ3) is 4.75. The second-order valence-electron chi connectivity index (χ2n) is 6.81. The van der Waals surface area contributed by atoms with Gasteiger partial charge in [0.05, 0.1) is 18.2 Å². The number of nitrogens with zero attached hydrogens (tertiary/aromatic N) is 1. The summed E-state index contributed by atoms with van der Waals surface area (Å²) < 4.78 is 1.30. The van der Waals surface area contributed by atoms with Gasteiger partial charge in [0.2, 0.25) is 0 Å². The Bertz CT molecular complexity index is 1120. The topological polar surface area (TPSA) is 104 Å². The number of hydrogen-bond acceptors (Lipinski definition) is 3. The van der Waals surface area contributed by atoms with Crippen LogP contribution in [-0.2, 0) is 4.79 Å². The summed E-state index contributed by atoms with van der Waals surface area (Å²) >= 11 is 5.88. The standard InChI is InChI=1S/C21H20ClN3O4/c1-12-3-4-13(2)18(9-12)25-19(26)10-17(24-25)21(29)23-16(11-20(27)28)14-5-7-15(22)8-6-14/h3-10,16,24H,11H2,1-2H3,(H,23,29)(H,27,28). The number of carboxylic acids is 1. The molecule has 1 atom stereocenters. The van der Waals surface area contributed by atoms with Gasteiger partial charge in [0, 0.05) is 11.1 Å². The quantitative estimate of drug-likeness (QED) is 0.576. The van der Waals surface area contributed by atoms with E-state index in [1.54, 1.807) is 24.3 Å². The molecule has 29 heavy (non-hydrogen) atoms. The summed E-state index contributed by atoms with van der Waals surface area (Å²) in [6, 6.07) is 12.6. The van der Waals surface area contributed by atoms with Crippen LogP contribution in [0.15, 0.2) is 53.3 Å². The number of carboxylic acid groups (broad SMARTS) is 1. The van der Waals surface area contributed by atoms with Crippen molar-refractivity contribution in [1.29, 1.82) is 0 Å². The molecular weight excluding hydrogens is 394 g/mol. The van der Waals surface area contributed by atoms with Crippen molar-refractivity contribution in [3.63, 3.8) is 0 Å². The van der Waals surface area contributed by atoms with Gasteiger partial charge in [0.15, 0.2) is 0 Å². The molecule has 3 aromatic rings. The van der Waals surface area contributed by atoms with Gasteiger partial charge in [-0.25, -0.2) is 4.68 Å². The molecule has 0 fully saturated rings. The number of carbonyl (C=O) groups excluding carboxylic acids is 1. The molecule has 2 aromatic carbocycles. The van der Waals surface area contributed by atoms with Crippen molar-refractivity contribution in [2.45, 2.75) is 26.3 Å². The largest absolute Gasteiger partial charge is 0.481 e. The molecule has 1 heterocycles. The third-order valence-corrected chi connectivity index (χ3v) is 4.78. The third-order valence-electron chi connectivity index (χ3n) is 4.53. The first-order valence-electron chi connectivity index (χ1n) is 8.92. The maximum atomic E-state index is 12.7. The highest BCUT2D eigenvalue weighted by Crippen LogP contribution is 2.20. The first kappa shape index (κ1) is 20.4. The Kier molecular flexibility index (Phi) is 5.89. The first-order chi connectivity index (χ1) is 13.7. The van der Waals surface area contributed by atoms with Crippen LogP contribution in [0.3, 0.4) is 0 Å². The molecule has 8 heteroatoms. The minimum Gasteiger partial charge on any atom is -0.481 e. The van der Waals surface area contributed by atoms with E-state index in [0.717, 1.165) is 11.1 Å². The predicted octanol–water partition coefficient (Wildman–Crippen LogP) is 3.38. The van der Waals surface area contributed by atoms with E-state index in [-0.39, 0.29) is 17.7 Å². The normalized spacial score (nSPS) is 11.8. The molecule has 150 valence electrons. The molecule has 0 aliphatic carbocycles. The van der Waals surface area contributed by atoms with Crippen LogP contribution < -0.4 is 10.9 Å². The Balaban J connectivity index is 1.89. The van der Waals surface area contributed by atoms with Gasteiger partial charge in [-0.05, 0) is 48.7 Å². The molecule has 3 rings (SSSR count). The lowest BCUT2D eigenvalue weighted by molar-refractivity contribution is -0.137. The van der Waals surface area contributed by atoms with Gasteiger partial charge in [-0.15, -0.1) is 0 Å². The summed E-state index contributed by atoms with van der Waals surface area (Å²) in [4.78, 5) is 36.4. The number of benzene rings is 2. The molecule has 0 aliphatic rings. The Hall–Kier alpha value is -3.32. The Morgan fingerprint density at radius 3 is 2.48 bits per heavy atom. The van der Waals surface area contributed by atoms with E-state index >= 15 is 0 Å². The van der Waals surface area contributed by atoms with E-state index in [4.69, 9.17) is 11.6 Å². The molecular formula is C21H20ClN3O4. The van der Waals surface area contributed by atoms with E-state index in [2.05, 4.69) is 10.4 Å². The number of hydrogen-bond donors (Lipinski definition) is 3. The average Bonchev–Trinajstić information content (AvgIpc) is 3.05. The monoisotopic (exact) mass is 413 g/mol. The Morgan fingerprint density at radius 1 is 1.14 bits per heavy atom. The van der Waals surface area contributed by atoms with Crippen LogP contribution in [0.1, 0.15) is 39.6 Å². The number of nitrogens with one attached hydrogen (secondary N) is 2. The summed E-state index contributed by atoms with van der Waals surface area (Å²) in [5.74, 6) is -1.64. The zero-order valence-electron chi connectivity index (χ0n) is 15.9. The van der Waals surface area contributed by atoms with Crippen LogP contribution in [0.25, 0.3) is 5.69 Å². The number of rotatable bonds is 6. The van der Waals surface area contributed by atoms with Crippen molar-refractivity contribution < 1.29 is 14.7 Å². The molecule has 3 N–H and O–H groups in total. The minimum atomic E-state index is -1.06. The molecule has 0 saturated heterocycles. The lowest BCUT2D eigenvalue weighted by atomic mass is 10.0. The maximum absolute atomic E-state index is 12.7. The van der Waals surface area contributed by atoms with Crippen LogP contribution in [0.5, 0.6) is 0 Å². The number of amides is 1. The van der Waals surface area contributed by atoms with Crippen LogP contribution >= 0.6 is 11.6 Å². The molecule has 0 radical (unpaired) electrons. The fraction of sp³-hybridized carbons (Fsp3) is 0.190. The van der Waals surface area contributed by atoms with Crippen molar-refractivity contribution in [1.82, 2.24) is 15.1 Å². The van der Waals surface area contributed by atoms with Gasteiger partial charge in [0.25, 0.3) is 11.5 Å². The van der Waals surface area contributed by atoms with Gasteiger partial charge >= 0.3 is 5.97 Å².